The predicted molar refractivity (Wildman–Crippen MR) is 126 cm³/mol. The largest absolute Gasteiger partial charge is 0.375 e. The summed E-state index contributed by atoms with van der Waals surface area (Å²) in [5.74, 6) is 1.62. The van der Waals surface area contributed by atoms with E-state index in [9.17, 15) is 0 Å². The van der Waals surface area contributed by atoms with Crippen molar-refractivity contribution in [1.82, 2.24) is 10.2 Å². The van der Waals surface area contributed by atoms with Gasteiger partial charge in [0.05, 0.1) is 0 Å². The quantitative estimate of drug-likeness (QED) is 0.568. The molecule has 2 nitrogen and oxygen atoms in total. The summed E-state index contributed by atoms with van der Waals surface area (Å²) in [5, 5.41) is 3.63. The monoisotopic (exact) mass is 390 g/mol. The highest BCUT2D eigenvalue weighted by atomic mass is 15.2. The summed E-state index contributed by atoms with van der Waals surface area (Å²) in [4.78, 5) is 2.55. The maximum Gasteiger partial charge on any atom is 0.0188 e. The lowest BCUT2D eigenvalue weighted by Gasteiger charge is -2.38. The van der Waals surface area contributed by atoms with Gasteiger partial charge in [-0.3, -0.25) is 0 Å². The summed E-state index contributed by atoms with van der Waals surface area (Å²) in [7, 11) is 0. The molecular weight excluding hydrogens is 352 g/mol. The first kappa shape index (κ1) is 21.6. The Bertz CT molecular complexity index is 759. The molecule has 0 radical (unpaired) electrons. The van der Waals surface area contributed by atoms with Gasteiger partial charge in [0.2, 0.25) is 0 Å². The average molecular weight is 391 g/mol. The molecule has 2 saturated heterocycles. The van der Waals surface area contributed by atoms with E-state index in [-0.39, 0.29) is 0 Å². The highest BCUT2D eigenvalue weighted by Gasteiger charge is 2.35. The molecule has 29 heavy (non-hydrogen) atoms. The van der Waals surface area contributed by atoms with Crippen LogP contribution in [0.3, 0.4) is 0 Å². The van der Waals surface area contributed by atoms with Crippen molar-refractivity contribution >= 4 is 0 Å². The second-order valence-electron chi connectivity index (χ2n) is 8.86. The van der Waals surface area contributed by atoms with E-state index in [4.69, 9.17) is 0 Å². The van der Waals surface area contributed by atoms with Crippen LogP contribution in [0.2, 0.25) is 0 Å². The van der Waals surface area contributed by atoms with Crippen molar-refractivity contribution in [2.45, 2.75) is 46.0 Å². The second kappa shape index (κ2) is 10.1. The fourth-order valence-corrected chi connectivity index (χ4v) is 4.78. The lowest BCUT2D eigenvalue weighted by Crippen LogP contribution is -2.36. The van der Waals surface area contributed by atoms with E-state index >= 15 is 0 Å². The van der Waals surface area contributed by atoms with Crippen molar-refractivity contribution in [2.24, 2.45) is 11.8 Å². The van der Waals surface area contributed by atoms with Crippen LogP contribution >= 0.6 is 0 Å². The molecule has 1 N–H and O–H groups in total. The number of likely N-dealkylation sites (tertiary alicyclic amines) is 1. The number of allylic oxidation sites excluding steroid dienone is 4. The minimum absolute atomic E-state index is 0.461. The van der Waals surface area contributed by atoms with E-state index in [0.717, 1.165) is 32.6 Å². The number of hydrogen-bond acceptors (Lipinski definition) is 2. The third-order valence-corrected chi connectivity index (χ3v) is 6.65. The zero-order valence-corrected chi connectivity index (χ0v) is 18.6. The Morgan fingerprint density at radius 2 is 1.69 bits per heavy atom. The summed E-state index contributed by atoms with van der Waals surface area (Å²) < 4.78 is 0. The SMILES string of the molecule is C=C(CC)/C(=C\C=C(C)C)C1CNC[C@H]1C(=C)N1CCC(c2ccccc2)CC1. The Labute approximate surface area is 178 Å². The van der Waals surface area contributed by atoms with Gasteiger partial charge in [-0.2, -0.15) is 0 Å². The summed E-state index contributed by atoms with van der Waals surface area (Å²) in [6.07, 6.45) is 7.98. The zero-order chi connectivity index (χ0) is 20.8. The van der Waals surface area contributed by atoms with Gasteiger partial charge in [0, 0.05) is 43.7 Å². The minimum Gasteiger partial charge on any atom is -0.375 e. The van der Waals surface area contributed by atoms with Gasteiger partial charge in [0.1, 0.15) is 0 Å². The second-order valence-corrected chi connectivity index (χ2v) is 8.86. The van der Waals surface area contributed by atoms with Gasteiger partial charge in [-0.15, -0.1) is 0 Å². The van der Waals surface area contributed by atoms with Crippen molar-refractivity contribution in [3.63, 3.8) is 0 Å². The maximum atomic E-state index is 4.58. The molecule has 156 valence electrons. The van der Waals surface area contributed by atoms with Gasteiger partial charge in [-0.05, 0) is 50.2 Å². The highest BCUT2D eigenvalue weighted by Crippen LogP contribution is 2.37. The van der Waals surface area contributed by atoms with E-state index < -0.39 is 0 Å². The van der Waals surface area contributed by atoms with Gasteiger partial charge in [-0.1, -0.05) is 73.7 Å². The molecule has 3 rings (SSSR count). The normalized spacial score (nSPS) is 23.1. The molecule has 0 aromatic heterocycles. The van der Waals surface area contributed by atoms with E-state index in [2.05, 4.69) is 86.6 Å². The van der Waals surface area contributed by atoms with Crippen LogP contribution in [0.1, 0.15) is 51.5 Å². The van der Waals surface area contributed by atoms with Crippen LogP contribution in [0.4, 0.5) is 0 Å². The number of nitrogens with zero attached hydrogens (tertiary/aromatic N) is 1. The molecule has 2 aliphatic rings. The van der Waals surface area contributed by atoms with E-state index in [1.807, 2.05) is 0 Å². The number of nitrogens with one attached hydrogen (secondary N) is 1. The van der Waals surface area contributed by atoms with Gasteiger partial charge in [0.15, 0.2) is 0 Å². The smallest absolute Gasteiger partial charge is 0.0188 e. The Hall–Kier alpha value is -2.06. The molecule has 1 unspecified atom stereocenters. The van der Waals surface area contributed by atoms with Crippen LogP contribution in [0.15, 0.2) is 78.1 Å². The summed E-state index contributed by atoms with van der Waals surface area (Å²) in [6, 6.07) is 11.0. The number of piperidine rings is 1. The molecule has 2 heteroatoms. The van der Waals surface area contributed by atoms with Crippen LogP contribution in [-0.4, -0.2) is 31.1 Å². The molecule has 2 aliphatic heterocycles. The predicted octanol–water partition coefficient (Wildman–Crippen LogP) is 6.07. The Kier molecular flexibility index (Phi) is 7.55. The first-order valence-corrected chi connectivity index (χ1v) is 11.2. The van der Waals surface area contributed by atoms with Gasteiger partial charge >= 0.3 is 0 Å². The van der Waals surface area contributed by atoms with Crippen molar-refractivity contribution < 1.29 is 0 Å². The molecular formula is C27H38N2. The van der Waals surface area contributed by atoms with E-state index in [0.29, 0.717) is 17.8 Å². The van der Waals surface area contributed by atoms with E-state index in [1.165, 1.54) is 40.8 Å². The zero-order valence-electron chi connectivity index (χ0n) is 18.6. The molecule has 1 aromatic rings. The molecule has 0 amide bonds. The van der Waals surface area contributed by atoms with Crippen LogP contribution in [0, 0.1) is 11.8 Å². The Morgan fingerprint density at radius 3 is 2.31 bits per heavy atom. The molecule has 0 saturated carbocycles. The molecule has 2 heterocycles. The molecule has 0 aliphatic carbocycles. The van der Waals surface area contributed by atoms with Crippen LogP contribution < -0.4 is 5.32 Å². The van der Waals surface area contributed by atoms with Crippen molar-refractivity contribution in [1.29, 1.82) is 0 Å². The lowest BCUT2D eigenvalue weighted by atomic mass is 9.81. The van der Waals surface area contributed by atoms with Crippen LogP contribution in [0.5, 0.6) is 0 Å². The summed E-state index contributed by atoms with van der Waals surface area (Å²) in [6.45, 7) is 19.7. The average Bonchev–Trinajstić information content (AvgIpc) is 3.23. The third-order valence-electron chi connectivity index (χ3n) is 6.65. The lowest BCUT2D eigenvalue weighted by molar-refractivity contribution is 0.234. The van der Waals surface area contributed by atoms with Gasteiger partial charge in [-0.25, -0.2) is 0 Å². The van der Waals surface area contributed by atoms with Gasteiger partial charge in [0.25, 0.3) is 0 Å². The third kappa shape index (κ3) is 5.30. The topological polar surface area (TPSA) is 15.3 Å². The van der Waals surface area contributed by atoms with Crippen LogP contribution in [-0.2, 0) is 0 Å². The molecule has 0 spiro atoms. The summed E-state index contributed by atoms with van der Waals surface area (Å²) in [5.41, 5.74) is 6.81. The standard InChI is InChI=1S/C27H38N2/c1-6-21(4)25(13-12-20(2)3)27-19-28-18-26(27)22(5)29-16-14-24(15-17-29)23-10-8-7-9-11-23/h7-13,24,26-28H,4-6,14-19H2,1-3H3/b25-13+/t26-,27?/m0/s1. The highest BCUT2D eigenvalue weighted by molar-refractivity contribution is 5.37. The number of rotatable bonds is 7. The first-order chi connectivity index (χ1) is 14.0. The first-order valence-electron chi connectivity index (χ1n) is 11.2. The number of benzene rings is 1. The fraction of sp³-hybridized carbons (Fsp3) is 0.481. The molecule has 2 fully saturated rings. The minimum atomic E-state index is 0.461. The maximum absolute atomic E-state index is 4.58. The van der Waals surface area contributed by atoms with Gasteiger partial charge < -0.3 is 10.2 Å². The van der Waals surface area contributed by atoms with Crippen molar-refractivity contribution in [3.05, 3.63) is 83.6 Å². The molecule has 0 bridgehead atoms. The van der Waals surface area contributed by atoms with Crippen LogP contribution in [0.25, 0.3) is 0 Å². The Balaban J connectivity index is 1.69. The fourth-order valence-electron chi connectivity index (χ4n) is 4.78. The van der Waals surface area contributed by atoms with Crippen molar-refractivity contribution in [3.8, 4) is 0 Å². The Morgan fingerprint density at radius 1 is 1.03 bits per heavy atom. The van der Waals surface area contributed by atoms with E-state index in [1.54, 1.807) is 0 Å². The van der Waals surface area contributed by atoms with Crippen molar-refractivity contribution in [2.75, 3.05) is 26.2 Å². The number of hydrogen-bond donors (Lipinski definition) is 1. The summed E-state index contributed by atoms with van der Waals surface area (Å²) >= 11 is 0. The molecule has 2 atom stereocenters. The molecule has 1 aromatic carbocycles.